The van der Waals surface area contributed by atoms with E-state index in [4.69, 9.17) is 16.9 Å². The number of nitrogens with one attached hydrogen (secondary N) is 6. The molecule has 1 aliphatic heterocycles. The number of amidine groups is 1. The number of thiophene rings is 1. The molecule has 16 nitrogen and oxygen atoms in total. The largest absolute Gasteiger partial charge is 0.480 e. The molecule has 1 aromatic heterocycles. The zero-order valence-electron chi connectivity index (χ0n) is 25.3. The smallest absolute Gasteiger partial charge is 0.326 e. The van der Waals surface area contributed by atoms with Gasteiger partial charge in [0.25, 0.3) is 0 Å². The summed E-state index contributed by atoms with van der Waals surface area (Å²) in [5, 5.41) is 50.5. The van der Waals surface area contributed by atoms with Crippen molar-refractivity contribution >= 4 is 56.9 Å². The molecule has 4 amide bonds. The molecule has 0 aliphatic carbocycles. The van der Waals surface area contributed by atoms with E-state index in [1.54, 1.807) is 6.08 Å². The Morgan fingerprint density at radius 2 is 1.61 bits per heavy atom. The molecule has 17 heteroatoms. The number of nitrogens with two attached hydrogens (primary N) is 2. The molecule has 2 aromatic rings. The number of carbonyl (C=O) groups excluding carboxylic acids is 4. The minimum Gasteiger partial charge on any atom is -0.480 e. The van der Waals surface area contributed by atoms with Gasteiger partial charge in [0, 0.05) is 22.5 Å². The number of carboxylic acids is 1. The highest BCUT2D eigenvalue weighted by atomic mass is 32.1. The third kappa shape index (κ3) is 9.54. The van der Waals surface area contributed by atoms with Gasteiger partial charge in [-0.05, 0) is 43.4 Å². The van der Waals surface area contributed by atoms with Crippen LogP contribution in [0.15, 0.2) is 42.0 Å². The number of benzene rings is 1. The second kappa shape index (κ2) is 16.2. The summed E-state index contributed by atoms with van der Waals surface area (Å²) in [5.41, 5.74) is 11.9. The summed E-state index contributed by atoms with van der Waals surface area (Å²) in [6.45, 7) is 2.07. The fraction of sp³-hybridized carbons (Fsp3) is 0.448. The quantitative estimate of drug-likeness (QED) is 0.0505. The number of carboxylic acid groups (broad SMARTS) is 1. The Balaban J connectivity index is 1.65. The van der Waals surface area contributed by atoms with Crippen molar-refractivity contribution in [3.05, 3.63) is 46.9 Å². The maximum atomic E-state index is 13.3. The molecule has 0 bridgehead atoms. The summed E-state index contributed by atoms with van der Waals surface area (Å²) < 4.78 is 0.966. The van der Waals surface area contributed by atoms with Crippen LogP contribution in [0.1, 0.15) is 25.1 Å². The van der Waals surface area contributed by atoms with Gasteiger partial charge < -0.3 is 53.4 Å². The summed E-state index contributed by atoms with van der Waals surface area (Å²) in [6, 6.07) is 1.83. The van der Waals surface area contributed by atoms with Crippen LogP contribution in [0.4, 0.5) is 0 Å². The summed E-state index contributed by atoms with van der Waals surface area (Å²) in [4.78, 5) is 64.4. The number of aliphatic hydroxyl groups excluding tert-OH is 2. The van der Waals surface area contributed by atoms with Crippen LogP contribution >= 0.6 is 11.3 Å². The Morgan fingerprint density at radius 1 is 0.978 bits per heavy atom. The Labute approximate surface area is 268 Å². The zero-order valence-corrected chi connectivity index (χ0v) is 26.1. The van der Waals surface area contributed by atoms with Gasteiger partial charge in [0.15, 0.2) is 0 Å². The molecule has 2 heterocycles. The number of fused-ring (bicyclic) bond motifs is 1. The Morgan fingerprint density at radius 3 is 2.22 bits per heavy atom. The van der Waals surface area contributed by atoms with Crippen molar-refractivity contribution in [2.24, 2.45) is 11.5 Å². The fourth-order valence-corrected chi connectivity index (χ4v) is 5.79. The van der Waals surface area contributed by atoms with E-state index in [0.717, 1.165) is 15.0 Å². The van der Waals surface area contributed by atoms with E-state index in [1.165, 1.54) is 25.2 Å². The van der Waals surface area contributed by atoms with E-state index in [-0.39, 0.29) is 18.7 Å². The van der Waals surface area contributed by atoms with Crippen molar-refractivity contribution in [1.29, 1.82) is 5.41 Å². The van der Waals surface area contributed by atoms with E-state index in [9.17, 15) is 39.3 Å². The van der Waals surface area contributed by atoms with Gasteiger partial charge in [-0.2, -0.15) is 0 Å². The number of aliphatic carboxylic acids is 1. The molecule has 1 aromatic carbocycles. The molecular weight excluding hydrogens is 620 g/mol. The maximum Gasteiger partial charge on any atom is 0.326 e. The molecule has 0 saturated heterocycles. The monoisotopic (exact) mass is 660 g/mol. The van der Waals surface area contributed by atoms with Crippen molar-refractivity contribution in [3.63, 3.8) is 0 Å². The molecular formula is C29H40N8O8S. The molecule has 0 radical (unpaired) electrons. The van der Waals surface area contributed by atoms with Crippen LogP contribution in [-0.2, 0) is 30.4 Å². The molecule has 0 fully saturated rings. The molecule has 1 aliphatic rings. The Bertz CT molecular complexity index is 1460. The molecule has 46 heavy (non-hydrogen) atoms. The van der Waals surface area contributed by atoms with Crippen LogP contribution in [0.2, 0.25) is 0 Å². The molecule has 3 rings (SSSR count). The molecule has 7 unspecified atom stereocenters. The SMILES string of the molecule is CC(NC(=O)C(CO)NC(=O)C(CC1=CCNC1C(=N)N)NC(=O)C(N)C(C)O)C(=O)NC(Cc1cc2ccccc2s1)C(=O)O. The van der Waals surface area contributed by atoms with E-state index in [1.807, 2.05) is 30.3 Å². The van der Waals surface area contributed by atoms with E-state index < -0.39 is 78.6 Å². The minimum atomic E-state index is -1.57. The first-order valence-corrected chi connectivity index (χ1v) is 15.3. The van der Waals surface area contributed by atoms with Crippen molar-refractivity contribution in [2.75, 3.05) is 13.2 Å². The Hall–Kier alpha value is -4.42. The lowest BCUT2D eigenvalue weighted by Gasteiger charge is -2.26. The third-order valence-corrected chi connectivity index (χ3v) is 8.47. The summed E-state index contributed by atoms with van der Waals surface area (Å²) in [5.74, 6) is -5.01. The van der Waals surface area contributed by atoms with Crippen LogP contribution in [0.25, 0.3) is 10.1 Å². The van der Waals surface area contributed by atoms with Gasteiger partial charge in [0.1, 0.15) is 36.0 Å². The highest BCUT2D eigenvalue weighted by Crippen LogP contribution is 2.26. The molecule has 7 atom stereocenters. The highest BCUT2D eigenvalue weighted by Gasteiger charge is 2.33. The minimum absolute atomic E-state index is 0.0126. The predicted octanol–water partition coefficient (Wildman–Crippen LogP) is -2.59. The second-order valence-electron chi connectivity index (χ2n) is 10.9. The number of aliphatic hydroxyl groups is 2. The number of rotatable bonds is 16. The van der Waals surface area contributed by atoms with Crippen LogP contribution < -0.4 is 38.1 Å². The van der Waals surface area contributed by atoms with E-state index in [0.29, 0.717) is 12.1 Å². The predicted molar refractivity (Wildman–Crippen MR) is 170 cm³/mol. The zero-order chi connectivity index (χ0) is 34.1. The van der Waals surface area contributed by atoms with Crippen molar-refractivity contribution in [3.8, 4) is 0 Å². The van der Waals surface area contributed by atoms with Crippen LogP contribution in [0.5, 0.6) is 0 Å². The molecule has 0 saturated carbocycles. The van der Waals surface area contributed by atoms with Crippen molar-refractivity contribution in [1.82, 2.24) is 26.6 Å². The first-order valence-electron chi connectivity index (χ1n) is 14.4. The number of hydrogen-bond donors (Lipinski definition) is 11. The van der Waals surface area contributed by atoms with Crippen molar-refractivity contribution < 1.29 is 39.3 Å². The summed E-state index contributed by atoms with van der Waals surface area (Å²) >= 11 is 1.40. The van der Waals surface area contributed by atoms with E-state index in [2.05, 4.69) is 26.6 Å². The number of amides is 4. The standard InChI is InChI=1S/C29H40N8O8S/c1-13(25(40)36-19(29(44)45)11-17-9-15-5-3-4-6-21(15)46-17)34-27(42)20(12-38)37-26(41)18(35-28(43)22(30)14(2)39)10-16-7-8-33-23(16)24(31)32/h3-7,9,13-14,18-20,22-23,33,38-39H,8,10-12,30H2,1-2H3,(H3,31,32)(H,34,42)(H,35,43)(H,36,40)(H,37,41)(H,44,45). The van der Waals surface area contributed by atoms with Gasteiger partial charge in [0.2, 0.25) is 23.6 Å². The molecule has 0 spiro atoms. The molecule has 13 N–H and O–H groups in total. The molecule has 250 valence electrons. The summed E-state index contributed by atoms with van der Waals surface area (Å²) in [6.07, 6.45) is 0.319. The average molecular weight is 661 g/mol. The average Bonchev–Trinajstić information content (AvgIpc) is 3.64. The van der Waals surface area contributed by atoms with Crippen LogP contribution in [0.3, 0.4) is 0 Å². The number of carbonyl (C=O) groups is 5. The first kappa shape index (κ1) is 36.1. The maximum absolute atomic E-state index is 13.3. The highest BCUT2D eigenvalue weighted by molar-refractivity contribution is 7.19. The normalized spacial score (nSPS) is 18.3. The van der Waals surface area contributed by atoms with Gasteiger partial charge >= 0.3 is 5.97 Å². The van der Waals surface area contributed by atoms with Gasteiger partial charge in [-0.3, -0.25) is 24.6 Å². The third-order valence-electron chi connectivity index (χ3n) is 7.33. The van der Waals surface area contributed by atoms with Gasteiger partial charge in [-0.15, -0.1) is 11.3 Å². The first-order chi connectivity index (χ1) is 21.7. The van der Waals surface area contributed by atoms with E-state index >= 15 is 0 Å². The fourth-order valence-electron chi connectivity index (χ4n) is 4.68. The van der Waals surface area contributed by atoms with Crippen LogP contribution in [-0.4, -0.2) is 106 Å². The lowest BCUT2D eigenvalue weighted by atomic mass is 9.98. The Kier molecular flexibility index (Phi) is 12.7. The lowest BCUT2D eigenvalue weighted by molar-refractivity contribution is -0.142. The van der Waals surface area contributed by atoms with Crippen molar-refractivity contribution in [2.45, 2.75) is 69.0 Å². The lowest BCUT2D eigenvalue weighted by Crippen LogP contribution is -2.59. The van der Waals surface area contributed by atoms with Gasteiger partial charge in [0.05, 0.1) is 18.8 Å². The topological polar surface area (TPSA) is 282 Å². The van der Waals surface area contributed by atoms with Gasteiger partial charge in [-0.25, -0.2) is 4.79 Å². The second-order valence-corrected chi connectivity index (χ2v) is 12.1. The summed E-state index contributed by atoms with van der Waals surface area (Å²) in [7, 11) is 0. The van der Waals surface area contributed by atoms with Gasteiger partial charge in [-0.1, -0.05) is 24.3 Å². The number of hydrogen-bond acceptors (Lipinski definition) is 11. The van der Waals surface area contributed by atoms with Crippen LogP contribution in [0, 0.1) is 5.41 Å².